The molecule has 0 spiro atoms. The number of methoxy groups -OCH3 is 1. The van der Waals surface area contributed by atoms with Gasteiger partial charge in [-0.3, -0.25) is 4.90 Å². The molecule has 174 valence electrons. The molecule has 1 aromatic heterocycles. The molecule has 3 aromatic carbocycles. The van der Waals surface area contributed by atoms with Crippen LogP contribution in [0.5, 0.6) is 5.75 Å². The Hall–Kier alpha value is -3.78. The number of nitrogens with zero attached hydrogens (tertiary/aromatic N) is 6. The van der Waals surface area contributed by atoms with E-state index in [2.05, 4.69) is 43.5 Å². The number of halogens is 1. The fraction of sp³-hybridized carbons (Fsp3) is 0.269. The van der Waals surface area contributed by atoms with Crippen molar-refractivity contribution >= 4 is 5.69 Å². The molecule has 7 nitrogen and oxygen atoms in total. The van der Waals surface area contributed by atoms with Gasteiger partial charge in [-0.15, -0.1) is 5.10 Å². The average molecular weight is 459 g/mol. The molecule has 4 aromatic rings. The molecule has 8 heteroatoms. The quantitative estimate of drug-likeness (QED) is 0.420. The number of aromatic nitrogens is 4. The van der Waals surface area contributed by atoms with Crippen LogP contribution in [0.1, 0.15) is 23.0 Å². The first-order valence-corrected chi connectivity index (χ1v) is 11.4. The Morgan fingerprint density at radius 1 is 0.882 bits per heavy atom. The van der Waals surface area contributed by atoms with Crippen molar-refractivity contribution < 1.29 is 9.13 Å². The number of rotatable bonds is 7. The Morgan fingerprint density at radius 2 is 1.59 bits per heavy atom. The number of tetrazole rings is 1. The number of hydrogen-bond acceptors (Lipinski definition) is 6. The summed E-state index contributed by atoms with van der Waals surface area (Å²) in [5.41, 5.74) is 2.78. The summed E-state index contributed by atoms with van der Waals surface area (Å²) in [6.45, 7) is 3.44. The molecule has 0 amide bonds. The Labute approximate surface area is 198 Å². The zero-order valence-electron chi connectivity index (χ0n) is 19.1. The van der Waals surface area contributed by atoms with Gasteiger partial charge in [0.15, 0.2) is 5.82 Å². The van der Waals surface area contributed by atoms with Crippen molar-refractivity contribution in [1.82, 2.24) is 25.1 Å². The fourth-order valence-electron chi connectivity index (χ4n) is 4.60. The minimum absolute atomic E-state index is 0.191. The molecule has 1 fully saturated rings. The lowest BCUT2D eigenvalue weighted by Gasteiger charge is -2.40. The topological polar surface area (TPSA) is 59.3 Å². The number of ether oxygens (including phenoxy) is 1. The maximum Gasteiger partial charge on any atom is 0.173 e. The van der Waals surface area contributed by atoms with Crippen LogP contribution in [0.25, 0.3) is 0 Å². The highest BCUT2D eigenvalue weighted by atomic mass is 19.1. The second-order valence-corrected chi connectivity index (χ2v) is 8.30. The van der Waals surface area contributed by atoms with Gasteiger partial charge < -0.3 is 9.64 Å². The van der Waals surface area contributed by atoms with Gasteiger partial charge in [0.05, 0.1) is 19.3 Å². The highest BCUT2D eigenvalue weighted by Crippen LogP contribution is 2.35. The van der Waals surface area contributed by atoms with Crippen molar-refractivity contribution in [2.45, 2.75) is 12.6 Å². The summed E-state index contributed by atoms with van der Waals surface area (Å²) in [5, 5.41) is 12.8. The van der Waals surface area contributed by atoms with Crippen LogP contribution in [-0.4, -0.2) is 58.4 Å². The van der Waals surface area contributed by atoms with Crippen molar-refractivity contribution in [1.29, 1.82) is 0 Å². The molecule has 1 aliphatic heterocycles. The molecule has 1 aliphatic rings. The third-order valence-electron chi connectivity index (χ3n) is 6.29. The first-order valence-electron chi connectivity index (χ1n) is 11.4. The largest absolute Gasteiger partial charge is 0.496 e. The van der Waals surface area contributed by atoms with Crippen LogP contribution in [-0.2, 0) is 6.54 Å². The lowest BCUT2D eigenvalue weighted by atomic mass is 10.0. The summed E-state index contributed by atoms with van der Waals surface area (Å²) in [6, 6.07) is 24.9. The lowest BCUT2D eigenvalue weighted by Crippen LogP contribution is -2.48. The number of hydrogen-bond donors (Lipinski definition) is 0. The van der Waals surface area contributed by atoms with Gasteiger partial charge in [-0.05, 0) is 34.2 Å². The SMILES string of the molecule is COc1ccccc1[C@@H](c1nnnn1Cc1ccccc1)N1CCN(c2ccccc2F)CC1. The highest BCUT2D eigenvalue weighted by Gasteiger charge is 2.33. The normalized spacial score (nSPS) is 15.3. The fourth-order valence-corrected chi connectivity index (χ4v) is 4.60. The summed E-state index contributed by atoms with van der Waals surface area (Å²) in [5.74, 6) is 1.36. The smallest absolute Gasteiger partial charge is 0.173 e. The van der Waals surface area contributed by atoms with Gasteiger partial charge in [-0.1, -0.05) is 60.7 Å². The van der Waals surface area contributed by atoms with E-state index in [9.17, 15) is 4.39 Å². The molecule has 5 rings (SSSR count). The summed E-state index contributed by atoms with van der Waals surface area (Å²) >= 11 is 0. The van der Waals surface area contributed by atoms with Gasteiger partial charge in [0, 0.05) is 31.7 Å². The minimum Gasteiger partial charge on any atom is -0.496 e. The van der Waals surface area contributed by atoms with Crippen LogP contribution in [0.2, 0.25) is 0 Å². The monoisotopic (exact) mass is 458 g/mol. The Balaban J connectivity index is 1.46. The molecule has 0 bridgehead atoms. The van der Waals surface area contributed by atoms with Crippen molar-refractivity contribution in [2.75, 3.05) is 38.2 Å². The van der Waals surface area contributed by atoms with E-state index in [1.54, 1.807) is 13.2 Å². The zero-order valence-corrected chi connectivity index (χ0v) is 19.1. The van der Waals surface area contributed by atoms with Gasteiger partial charge in [-0.2, -0.15) is 0 Å². The van der Waals surface area contributed by atoms with Gasteiger partial charge in [0.1, 0.15) is 17.6 Å². The first kappa shape index (κ1) is 22.0. The van der Waals surface area contributed by atoms with E-state index in [1.165, 1.54) is 6.07 Å². The number of anilines is 1. The van der Waals surface area contributed by atoms with E-state index < -0.39 is 0 Å². The van der Waals surface area contributed by atoms with Crippen molar-refractivity contribution in [3.8, 4) is 5.75 Å². The molecule has 0 N–H and O–H groups in total. The Bertz CT molecular complexity index is 1220. The zero-order chi connectivity index (χ0) is 23.3. The van der Waals surface area contributed by atoms with E-state index in [4.69, 9.17) is 4.74 Å². The van der Waals surface area contributed by atoms with E-state index in [0.717, 1.165) is 35.8 Å². The number of piperazine rings is 1. The van der Waals surface area contributed by atoms with Crippen LogP contribution < -0.4 is 9.64 Å². The molecule has 1 saturated heterocycles. The van der Waals surface area contributed by atoms with E-state index >= 15 is 0 Å². The van der Waals surface area contributed by atoms with Crippen LogP contribution in [0.15, 0.2) is 78.9 Å². The first-order chi connectivity index (χ1) is 16.7. The number of benzene rings is 3. The highest BCUT2D eigenvalue weighted by molar-refractivity contribution is 5.48. The number of para-hydroxylation sites is 2. The molecule has 2 heterocycles. The lowest BCUT2D eigenvalue weighted by molar-refractivity contribution is 0.197. The second-order valence-electron chi connectivity index (χ2n) is 8.30. The van der Waals surface area contributed by atoms with Gasteiger partial charge >= 0.3 is 0 Å². The molecule has 0 radical (unpaired) electrons. The van der Waals surface area contributed by atoms with Gasteiger partial charge in [0.25, 0.3) is 0 Å². The molecule has 0 saturated carbocycles. The molecular weight excluding hydrogens is 431 g/mol. The predicted molar refractivity (Wildman–Crippen MR) is 128 cm³/mol. The van der Waals surface area contributed by atoms with Crippen LogP contribution >= 0.6 is 0 Å². The predicted octanol–water partition coefficient (Wildman–Crippen LogP) is 3.78. The second kappa shape index (κ2) is 10.0. The molecule has 0 aliphatic carbocycles. The molecule has 1 atom stereocenters. The maximum absolute atomic E-state index is 14.4. The Kier molecular flexibility index (Phi) is 6.49. The van der Waals surface area contributed by atoms with Crippen molar-refractivity contribution in [3.63, 3.8) is 0 Å². The Morgan fingerprint density at radius 3 is 2.35 bits per heavy atom. The molecule has 34 heavy (non-hydrogen) atoms. The van der Waals surface area contributed by atoms with E-state index in [-0.39, 0.29) is 11.9 Å². The minimum atomic E-state index is -0.197. The van der Waals surface area contributed by atoms with Crippen molar-refractivity contribution in [3.05, 3.63) is 102 Å². The van der Waals surface area contributed by atoms with Crippen LogP contribution in [0.4, 0.5) is 10.1 Å². The summed E-state index contributed by atoms with van der Waals surface area (Å²) in [4.78, 5) is 4.44. The van der Waals surface area contributed by atoms with Crippen LogP contribution in [0.3, 0.4) is 0 Å². The van der Waals surface area contributed by atoms with Crippen LogP contribution in [0, 0.1) is 5.82 Å². The summed E-state index contributed by atoms with van der Waals surface area (Å²) in [6.07, 6.45) is 0. The average Bonchev–Trinajstić information content (AvgIpc) is 3.33. The summed E-state index contributed by atoms with van der Waals surface area (Å²) in [7, 11) is 1.68. The van der Waals surface area contributed by atoms with E-state index in [0.29, 0.717) is 25.3 Å². The van der Waals surface area contributed by atoms with Gasteiger partial charge in [0.2, 0.25) is 0 Å². The molecular formula is C26H27FN6O. The van der Waals surface area contributed by atoms with E-state index in [1.807, 2.05) is 53.2 Å². The van der Waals surface area contributed by atoms with Crippen molar-refractivity contribution in [2.24, 2.45) is 0 Å². The third kappa shape index (κ3) is 4.49. The maximum atomic E-state index is 14.4. The standard InChI is InChI=1S/C26H27FN6O/c1-34-24-14-8-5-11-21(24)25(26-28-29-30-33(26)19-20-9-3-2-4-10-20)32-17-15-31(16-18-32)23-13-7-6-12-22(23)27/h2-14,25H,15-19H2,1H3/t25-/m0/s1. The molecule has 0 unspecified atom stereocenters. The third-order valence-corrected chi connectivity index (χ3v) is 6.29. The summed E-state index contributed by atoms with van der Waals surface area (Å²) < 4.78 is 21.9. The van der Waals surface area contributed by atoms with Gasteiger partial charge in [-0.25, -0.2) is 9.07 Å².